The molecule has 3 heterocycles. The third-order valence-electron chi connectivity index (χ3n) is 6.17. The number of esters is 1. The van der Waals surface area contributed by atoms with Gasteiger partial charge in [0.15, 0.2) is 0 Å². The molecule has 0 bridgehead atoms. The zero-order valence-corrected chi connectivity index (χ0v) is 21.7. The first-order valence-electron chi connectivity index (χ1n) is 12.6. The molecule has 0 N–H and O–H groups in total. The average molecular weight is 544 g/mol. The van der Waals surface area contributed by atoms with Gasteiger partial charge < -0.3 is 23.3 Å². The van der Waals surface area contributed by atoms with Crippen molar-refractivity contribution in [1.29, 1.82) is 0 Å². The van der Waals surface area contributed by atoms with Crippen molar-refractivity contribution in [1.82, 2.24) is 14.7 Å². The van der Waals surface area contributed by atoms with Crippen molar-refractivity contribution in [2.24, 2.45) is 0 Å². The van der Waals surface area contributed by atoms with E-state index in [2.05, 4.69) is 10.1 Å². The van der Waals surface area contributed by atoms with Gasteiger partial charge in [0.25, 0.3) is 5.89 Å². The summed E-state index contributed by atoms with van der Waals surface area (Å²) >= 11 is 0. The van der Waals surface area contributed by atoms with Crippen LogP contribution >= 0.6 is 0 Å². The number of rotatable bonds is 7. The first-order valence-corrected chi connectivity index (χ1v) is 12.6. The van der Waals surface area contributed by atoms with Crippen molar-refractivity contribution in [2.75, 3.05) is 13.2 Å². The summed E-state index contributed by atoms with van der Waals surface area (Å²) in [5.41, 5.74) is 0.140. The van der Waals surface area contributed by atoms with Crippen LogP contribution < -0.4 is 4.74 Å². The summed E-state index contributed by atoms with van der Waals surface area (Å²) in [4.78, 5) is 16.5. The molecule has 1 aliphatic rings. The summed E-state index contributed by atoms with van der Waals surface area (Å²) in [5.74, 6) is -0.374. The molecule has 2 aromatic heterocycles. The van der Waals surface area contributed by atoms with Gasteiger partial charge in [0, 0.05) is 41.2 Å². The summed E-state index contributed by atoms with van der Waals surface area (Å²) in [6.45, 7) is 6.58. The molecule has 0 saturated carbocycles. The second kappa shape index (κ2) is 10.4. The SMILES string of the molecule is CC(C)(C)OC(=O)CCn1ccc2c(-c3nc(-c4ccc(OC5CCOC5)c(C(F)(F)F)c4)no3)cccc21. The molecule has 1 unspecified atom stereocenters. The van der Waals surface area contributed by atoms with Crippen molar-refractivity contribution in [3.05, 3.63) is 54.2 Å². The Hall–Kier alpha value is -3.86. The lowest BCUT2D eigenvalue weighted by atomic mass is 10.1. The van der Waals surface area contributed by atoms with E-state index >= 15 is 0 Å². The topological polar surface area (TPSA) is 88.6 Å². The van der Waals surface area contributed by atoms with Crippen molar-refractivity contribution in [2.45, 2.75) is 58.0 Å². The fourth-order valence-corrected chi connectivity index (χ4v) is 4.44. The van der Waals surface area contributed by atoms with Crippen LogP contribution in [0.4, 0.5) is 13.2 Å². The quantitative estimate of drug-likeness (QED) is 0.254. The largest absolute Gasteiger partial charge is 0.487 e. The Morgan fingerprint density at radius 2 is 1.97 bits per heavy atom. The lowest BCUT2D eigenvalue weighted by molar-refractivity contribution is -0.155. The van der Waals surface area contributed by atoms with Gasteiger partial charge in [-0.1, -0.05) is 11.2 Å². The summed E-state index contributed by atoms with van der Waals surface area (Å²) in [7, 11) is 0. The molecular weight excluding hydrogens is 515 g/mol. The fourth-order valence-electron chi connectivity index (χ4n) is 4.44. The number of ether oxygens (including phenoxy) is 3. The van der Waals surface area contributed by atoms with Crippen LogP contribution in [0.5, 0.6) is 5.75 Å². The second-order valence-electron chi connectivity index (χ2n) is 10.3. The Balaban J connectivity index is 1.39. The molecule has 1 fully saturated rings. The lowest BCUT2D eigenvalue weighted by Crippen LogP contribution is -2.24. The Bertz CT molecular complexity index is 1480. The van der Waals surface area contributed by atoms with Crippen molar-refractivity contribution < 1.29 is 36.7 Å². The number of hydrogen-bond acceptors (Lipinski definition) is 7. The lowest BCUT2D eigenvalue weighted by Gasteiger charge is -2.19. The number of carbonyl (C=O) groups excluding carboxylic acids is 1. The molecule has 0 aliphatic carbocycles. The molecule has 0 radical (unpaired) electrons. The van der Waals surface area contributed by atoms with E-state index in [1.807, 2.05) is 49.7 Å². The van der Waals surface area contributed by atoms with Gasteiger partial charge in [0.2, 0.25) is 5.82 Å². The van der Waals surface area contributed by atoms with Crippen molar-refractivity contribution >= 4 is 16.9 Å². The first kappa shape index (κ1) is 26.7. The maximum absolute atomic E-state index is 13.9. The highest BCUT2D eigenvalue weighted by molar-refractivity contribution is 5.93. The molecule has 39 heavy (non-hydrogen) atoms. The minimum atomic E-state index is -4.63. The third kappa shape index (κ3) is 6.08. The fraction of sp³-hybridized carbons (Fsp3) is 0.393. The van der Waals surface area contributed by atoms with Gasteiger partial charge in [-0.15, -0.1) is 0 Å². The number of alkyl halides is 3. The van der Waals surface area contributed by atoms with Gasteiger partial charge in [-0.05, 0) is 57.2 Å². The molecule has 11 heteroatoms. The number of halogens is 3. The third-order valence-corrected chi connectivity index (χ3v) is 6.17. The zero-order chi connectivity index (χ0) is 27.8. The summed E-state index contributed by atoms with van der Waals surface area (Å²) < 4.78 is 65.1. The molecule has 2 aromatic carbocycles. The Morgan fingerprint density at radius 1 is 1.15 bits per heavy atom. The molecule has 1 atom stereocenters. The number of hydrogen-bond donors (Lipinski definition) is 0. The smallest absolute Gasteiger partial charge is 0.419 e. The highest BCUT2D eigenvalue weighted by Crippen LogP contribution is 2.39. The van der Waals surface area contributed by atoms with E-state index in [0.717, 1.165) is 17.0 Å². The molecular formula is C28H28F3N3O5. The molecule has 4 aromatic rings. The van der Waals surface area contributed by atoms with Gasteiger partial charge in [0.05, 0.1) is 25.2 Å². The molecule has 206 valence electrons. The maximum atomic E-state index is 13.9. The molecule has 0 spiro atoms. The van der Waals surface area contributed by atoms with Crippen LogP contribution in [0.15, 0.2) is 53.2 Å². The van der Waals surface area contributed by atoms with E-state index in [1.54, 1.807) is 6.07 Å². The van der Waals surface area contributed by atoms with E-state index in [9.17, 15) is 18.0 Å². The minimum Gasteiger partial charge on any atom is -0.487 e. The van der Waals surface area contributed by atoms with Crippen LogP contribution in [0.25, 0.3) is 33.7 Å². The molecule has 0 amide bonds. The number of carbonyl (C=O) groups is 1. The number of fused-ring (bicyclic) bond motifs is 1. The van der Waals surface area contributed by atoms with Crippen molar-refractivity contribution in [3.63, 3.8) is 0 Å². The standard InChI is InChI=1S/C28H28F3N3O5/c1-27(2,3)38-24(35)10-13-34-12-9-19-20(5-4-6-22(19)34)26-32-25(33-39-26)17-7-8-23(21(15-17)28(29,30)31)37-18-11-14-36-16-18/h4-9,12,15,18H,10-11,13-14,16H2,1-3H3. The van der Waals surface area contributed by atoms with E-state index in [1.165, 1.54) is 12.1 Å². The van der Waals surface area contributed by atoms with Crippen LogP contribution in [0, 0.1) is 0 Å². The molecule has 1 saturated heterocycles. The highest BCUT2D eigenvalue weighted by Gasteiger charge is 2.36. The number of aromatic nitrogens is 3. The van der Waals surface area contributed by atoms with Crippen LogP contribution in [-0.2, 0) is 27.0 Å². The van der Waals surface area contributed by atoms with E-state index in [0.29, 0.717) is 25.1 Å². The first-order chi connectivity index (χ1) is 18.5. The normalized spacial score (nSPS) is 16.1. The average Bonchev–Trinajstić information content (AvgIpc) is 3.62. The van der Waals surface area contributed by atoms with Crippen LogP contribution in [-0.4, -0.2) is 45.6 Å². The number of nitrogens with zero attached hydrogens (tertiary/aromatic N) is 3. The summed E-state index contributed by atoms with van der Waals surface area (Å²) in [6, 6.07) is 11.1. The number of benzene rings is 2. The summed E-state index contributed by atoms with van der Waals surface area (Å²) in [5, 5.41) is 4.75. The van der Waals surface area contributed by atoms with E-state index < -0.39 is 23.4 Å². The van der Waals surface area contributed by atoms with E-state index in [-0.39, 0.29) is 42.0 Å². The van der Waals surface area contributed by atoms with E-state index in [4.69, 9.17) is 18.7 Å². The Morgan fingerprint density at radius 3 is 2.69 bits per heavy atom. The molecule has 8 nitrogen and oxygen atoms in total. The van der Waals surface area contributed by atoms with Gasteiger partial charge in [-0.3, -0.25) is 4.79 Å². The van der Waals surface area contributed by atoms with Gasteiger partial charge >= 0.3 is 12.1 Å². The predicted octanol–water partition coefficient (Wildman–Crippen LogP) is 6.28. The summed E-state index contributed by atoms with van der Waals surface area (Å²) in [6.07, 6.45) is -2.48. The maximum Gasteiger partial charge on any atom is 0.419 e. The molecule has 1 aliphatic heterocycles. The van der Waals surface area contributed by atoms with Gasteiger partial charge in [-0.2, -0.15) is 18.2 Å². The Labute approximate surface area is 222 Å². The zero-order valence-electron chi connectivity index (χ0n) is 21.7. The minimum absolute atomic E-state index is 0.0209. The van der Waals surface area contributed by atoms with Crippen LogP contribution in [0.3, 0.4) is 0 Å². The van der Waals surface area contributed by atoms with Crippen LogP contribution in [0.2, 0.25) is 0 Å². The number of aryl methyl sites for hydroxylation is 1. The van der Waals surface area contributed by atoms with Crippen molar-refractivity contribution in [3.8, 4) is 28.6 Å². The molecule has 5 rings (SSSR count). The van der Waals surface area contributed by atoms with Gasteiger partial charge in [0.1, 0.15) is 17.5 Å². The second-order valence-corrected chi connectivity index (χ2v) is 10.3. The van der Waals surface area contributed by atoms with Crippen LogP contribution in [0.1, 0.15) is 39.2 Å². The Kier molecular flexibility index (Phi) is 7.11. The highest BCUT2D eigenvalue weighted by atomic mass is 19.4. The monoisotopic (exact) mass is 543 g/mol. The predicted molar refractivity (Wildman–Crippen MR) is 136 cm³/mol. The van der Waals surface area contributed by atoms with Gasteiger partial charge in [-0.25, -0.2) is 0 Å².